The van der Waals surface area contributed by atoms with Gasteiger partial charge in [0, 0.05) is 35.9 Å². The molecule has 7 heteroatoms. The first-order valence-electron chi connectivity index (χ1n) is 12.8. The molecule has 0 unspecified atom stereocenters. The number of rotatable bonds is 12. The summed E-state index contributed by atoms with van der Waals surface area (Å²) in [4.78, 5) is 21.3. The molecule has 0 atom stereocenters. The normalized spacial score (nSPS) is 11.6. The second-order valence-electron chi connectivity index (χ2n) is 12.0. The van der Waals surface area contributed by atoms with Crippen molar-refractivity contribution in [2.24, 2.45) is 35.5 Å². The molecule has 0 saturated heterocycles. The van der Waals surface area contributed by atoms with Crippen LogP contribution in [0.1, 0.15) is 83.1 Å². The van der Waals surface area contributed by atoms with Gasteiger partial charge in [0.25, 0.3) is 0 Å². The van der Waals surface area contributed by atoms with Gasteiger partial charge in [-0.2, -0.15) is 0 Å². The molecule has 0 aromatic carbocycles. The second kappa shape index (κ2) is 24.7. The minimum absolute atomic E-state index is 0. The maximum absolute atomic E-state index is 10.7. The minimum Gasteiger partial charge on any atom is -0.432 e. The van der Waals surface area contributed by atoms with Crippen LogP contribution in [0, 0.1) is 35.5 Å². The van der Waals surface area contributed by atoms with E-state index >= 15 is 0 Å². The average molecular weight is 545 g/mol. The summed E-state index contributed by atoms with van der Waals surface area (Å²) in [6.45, 7) is 26.7. The summed E-state index contributed by atoms with van der Waals surface area (Å²) >= 11 is 0. The Kier molecular flexibility index (Phi) is 32.9. The molecular formula is C26H64O4Si2Ti. The van der Waals surface area contributed by atoms with Crippen LogP contribution in [-0.4, -0.2) is 50.7 Å². The zero-order chi connectivity index (χ0) is 26.7. The molecule has 0 fully saturated rings. The van der Waals surface area contributed by atoms with E-state index in [9.17, 15) is 9.59 Å². The van der Waals surface area contributed by atoms with Gasteiger partial charge in [0.05, 0.1) is 0 Å². The van der Waals surface area contributed by atoms with E-state index in [2.05, 4.69) is 83.1 Å². The smallest absolute Gasteiger partial charge is 0.189 e. The molecule has 0 rings (SSSR count). The van der Waals surface area contributed by atoms with Crippen LogP contribution in [0.25, 0.3) is 0 Å². The third-order valence-electron chi connectivity index (χ3n) is 4.73. The van der Waals surface area contributed by atoms with Gasteiger partial charge in [-0.1, -0.05) is 83.1 Å². The standard InChI is InChI=1S/2C12H28OSi.2CH4O.Ti/c2*1-10(2)7-14(13,8-11(3)4)9-12(5)6;2*1-2;/h2*10-13H,7-9H2,1-6H3;2*2H,1H3;. The summed E-state index contributed by atoms with van der Waals surface area (Å²) in [6.07, 6.45) is 0. The zero-order valence-corrected chi connectivity index (χ0v) is 28.6. The molecular weight excluding hydrogens is 480 g/mol. The molecule has 4 N–H and O–H groups in total. The van der Waals surface area contributed by atoms with Gasteiger partial charge in [0.15, 0.2) is 16.6 Å². The zero-order valence-electron chi connectivity index (χ0n) is 25.0. The van der Waals surface area contributed by atoms with Crippen molar-refractivity contribution in [3.8, 4) is 0 Å². The summed E-state index contributed by atoms with van der Waals surface area (Å²) in [7, 11) is -1.88. The third kappa shape index (κ3) is 33.0. The Hall–Kier alpha value is 0.988. The maximum Gasteiger partial charge on any atom is 0.189 e. The molecule has 0 aliphatic rings. The Morgan fingerprint density at radius 2 is 0.455 bits per heavy atom. The fourth-order valence-electron chi connectivity index (χ4n) is 5.06. The largest absolute Gasteiger partial charge is 0.432 e. The minimum atomic E-state index is -1.94. The molecule has 0 amide bonds. The summed E-state index contributed by atoms with van der Waals surface area (Å²) in [5.41, 5.74) is 0. The molecule has 4 nitrogen and oxygen atoms in total. The fraction of sp³-hybridized carbons (Fsp3) is 1.00. The van der Waals surface area contributed by atoms with E-state index in [1.807, 2.05) is 0 Å². The second-order valence-corrected chi connectivity index (χ2v) is 19.4. The Bertz CT molecular complexity index is 301. The number of hydrogen-bond donors (Lipinski definition) is 4. The van der Waals surface area contributed by atoms with Gasteiger partial charge in [-0.3, -0.25) is 0 Å². The van der Waals surface area contributed by atoms with E-state index in [-0.39, 0.29) is 21.7 Å². The maximum atomic E-state index is 10.7. The first-order chi connectivity index (χ1) is 14.5. The summed E-state index contributed by atoms with van der Waals surface area (Å²) < 4.78 is 0. The molecule has 0 aromatic heterocycles. The molecule has 0 bridgehead atoms. The molecule has 0 spiro atoms. The fourth-order valence-corrected chi connectivity index (χ4v) is 15.2. The van der Waals surface area contributed by atoms with Gasteiger partial charge in [-0.15, -0.1) is 0 Å². The summed E-state index contributed by atoms with van der Waals surface area (Å²) in [5.74, 6) is 3.86. The van der Waals surface area contributed by atoms with Crippen LogP contribution in [0.15, 0.2) is 0 Å². The predicted molar refractivity (Wildman–Crippen MR) is 150 cm³/mol. The van der Waals surface area contributed by atoms with E-state index in [0.717, 1.165) is 50.5 Å². The summed E-state index contributed by atoms with van der Waals surface area (Å²) in [6, 6.07) is 6.44. The van der Waals surface area contributed by atoms with E-state index < -0.39 is 16.6 Å². The van der Waals surface area contributed by atoms with Crippen LogP contribution in [0.2, 0.25) is 36.3 Å². The monoisotopic (exact) mass is 544 g/mol. The Morgan fingerprint density at radius 1 is 0.364 bits per heavy atom. The molecule has 0 saturated carbocycles. The molecule has 204 valence electrons. The predicted octanol–water partition coefficient (Wildman–Crippen LogP) is 7.00. The van der Waals surface area contributed by atoms with Crippen molar-refractivity contribution >= 4 is 16.6 Å². The van der Waals surface area contributed by atoms with Gasteiger partial charge >= 0.3 is 0 Å². The van der Waals surface area contributed by atoms with Crippen molar-refractivity contribution in [1.82, 2.24) is 0 Å². The van der Waals surface area contributed by atoms with Crippen LogP contribution < -0.4 is 0 Å². The molecule has 0 aliphatic carbocycles. The number of hydrogen-bond acceptors (Lipinski definition) is 4. The first kappa shape index (κ1) is 44.0. The quantitative estimate of drug-likeness (QED) is 0.199. The van der Waals surface area contributed by atoms with E-state index in [1.54, 1.807) is 0 Å². The SMILES string of the molecule is CC(C)C[Si](O)(CC(C)C)CC(C)C.CC(C)C[Si](O)(CC(C)C)CC(C)C.CO.CO.[Ti]. The van der Waals surface area contributed by atoms with Crippen LogP contribution >= 0.6 is 0 Å². The van der Waals surface area contributed by atoms with Crippen molar-refractivity contribution in [1.29, 1.82) is 0 Å². The number of aliphatic hydroxyl groups excluding tert-OH is 2. The van der Waals surface area contributed by atoms with Crippen molar-refractivity contribution in [3.63, 3.8) is 0 Å². The molecule has 0 radical (unpaired) electrons. The van der Waals surface area contributed by atoms with Gasteiger partial charge < -0.3 is 19.8 Å². The number of aliphatic hydroxyl groups is 2. The third-order valence-corrected chi connectivity index (χ3v) is 14.2. The van der Waals surface area contributed by atoms with Crippen molar-refractivity contribution in [3.05, 3.63) is 0 Å². The Morgan fingerprint density at radius 3 is 0.515 bits per heavy atom. The van der Waals surface area contributed by atoms with E-state index in [1.165, 1.54) is 0 Å². The van der Waals surface area contributed by atoms with Gasteiger partial charge in [-0.05, 0) is 71.8 Å². The van der Waals surface area contributed by atoms with Crippen LogP contribution in [0.3, 0.4) is 0 Å². The molecule has 0 heterocycles. The summed E-state index contributed by atoms with van der Waals surface area (Å²) in [5, 5.41) is 14.0. The van der Waals surface area contributed by atoms with Gasteiger partial charge in [0.2, 0.25) is 0 Å². The van der Waals surface area contributed by atoms with Gasteiger partial charge in [0.1, 0.15) is 0 Å². The first-order valence-corrected chi connectivity index (χ1v) is 18.0. The van der Waals surface area contributed by atoms with E-state index in [0.29, 0.717) is 35.5 Å². The van der Waals surface area contributed by atoms with Crippen LogP contribution in [0.4, 0.5) is 0 Å². The molecule has 0 aromatic rings. The van der Waals surface area contributed by atoms with Crippen LogP contribution in [0.5, 0.6) is 0 Å². The van der Waals surface area contributed by atoms with Gasteiger partial charge in [-0.25, -0.2) is 0 Å². The topological polar surface area (TPSA) is 80.9 Å². The van der Waals surface area contributed by atoms with Crippen molar-refractivity contribution in [2.45, 2.75) is 119 Å². The molecule has 0 aliphatic heterocycles. The molecule has 33 heavy (non-hydrogen) atoms. The van der Waals surface area contributed by atoms with E-state index in [4.69, 9.17) is 10.2 Å². The van der Waals surface area contributed by atoms with Crippen molar-refractivity contribution < 1.29 is 41.5 Å². The Labute approximate surface area is 226 Å². The average Bonchev–Trinajstić information content (AvgIpc) is 2.53. The van der Waals surface area contributed by atoms with Crippen LogP contribution in [-0.2, 0) is 21.7 Å². The Balaban J connectivity index is -0.000000134. The van der Waals surface area contributed by atoms with Crippen molar-refractivity contribution in [2.75, 3.05) is 14.2 Å².